The lowest BCUT2D eigenvalue weighted by molar-refractivity contribution is -0.145. The van der Waals surface area contributed by atoms with Crippen LogP contribution >= 0.6 is 0 Å². The van der Waals surface area contributed by atoms with Crippen LogP contribution in [-0.2, 0) is 4.79 Å². The van der Waals surface area contributed by atoms with Crippen molar-refractivity contribution in [3.8, 4) is 5.75 Å². The maximum absolute atomic E-state index is 13.5. The Hall–Kier alpha value is -1.59. The fourth-order valence-electron chi connectivity index (χ4n) is 1.66. The summed E-state index contributed by atoms with van der Waals surface area (Å²) in [6.07, 6.45) is 1.06. The van der Waals surface area contributed by atoms with Gasteiger partial charge in [0.15, 0.2) is 11.6 Å². The van der Waals surface area contributed by atoms with Crippen molar-refractivity contribution < 1.29 is 27.1 Å². The van der Waals surface area contributed by atoms with Crippen molar-refractivity contribution in [2.24, 2.45) is 10.8 Å². The highest BCUT2D eigenvalue weighted by Gasteiger charge is 2.33. The highest BCUT2D eigenvalue weighted by molar-refractivity contribution is 5.78. The Balaban J connectivity index is 2.98. The smallest absolute Gasteiger partial charge is 0.317 e. The molecule has 0 spiro atoms. The van der Waals surface area contributed by atoms with Crippen LogP contribution in [0.3, 0.4) is 0 Å². The van der Waals surface area contributed by atoms with Gasteiger partial charge >= 0.3 is 5.97 Å². The van der Waals surface area contributed by atoms with Gasteiger partial charge in [0.1, 0.15) is 0 Å². The molecular formula is C16H20F4O2. The highest BCUT2D eigenvalue weighted by Crippen LogP contribution is 2.33. The maximum Gasteiger partial charge on any atom is 0.317 e. The first-order valence-electron chi connectivity index (χ1n) is 6.90. The van der Waals surface area contributed by atoms with Gasteiger partial charge in [-0.2, -0.15) is 8.78 Å². The Bertz CT molecular complexity index is 548. The van der Waals surface area contributed by atoms with Crippen molar-refractivity contribution in [3.63, 3.8) is 0 Å². The third-order valence-corrected chi connectivity index (χ3v) is 3.32. The molecule has 0 aliphatic heterocycles. The molecular weight excluding hydrogens is 300 g/mol. The van der Waals surface area contributed by atoms with E-state index in [1.165, 1.54) is 0 Å². The fourth-order valence-corrected chi connectivity index (χ4v) is 1.66. The predicted molar refractivity (Wildman–Crippen MR) is 74.4 cm³/mol. The first kappa shape index (κ1) is 18.5. The lowest BCUT2D eigenvalue weighted by Crippen LogP contribution is -2.31. The van der Waals surface area contributed by atoms with Gasteiger partial charge in [-0.3, -0.25) is 4.79 Å². The number of halogens is 4. The summed E-state index contributed by atoms with van der Waals surface area (Å²) in [5, 5.41) is 0. The number of benzene rings is 1. The number of hydrogen-bond acceptors (Lipinski definition) is 2. The lowest BCUT2D eigenvalue weighted by Gasteiger charge is -2.27. The third-order valence-electron chi connectivity index (χ3n) is 3.32. The molecule has 0 N–H and O–H groups in total. The topological polar surface area (TPSA) is 26.3 Å². The van der Waals surface area contributed by atoms with Crippen molar-refractivity contribution in [1.29, 1.82) is 0 Å². The predicted octanol–water partition coefficient (Wildman–Crippen LogP) is 5.00. The number of hydrogen-bond donors (Lipinski definition) is 0. The van der Waals surface area contributed by atoms with Crippen LogP contribution in [0.1, 0.15) is 47.5 Å². The SMILES string of the molecule is CC(C)(C)CCC(C)(C)C(=O)Oc1c(F)c(F)cc(F)c1F. The van der Waals surface area contributed by atoms with Gasteiger partial charge in [-0.25, -0.2) is 8.78 Å². The van der Waals surface area contributed by atoms with Crippen LogP contribution in [0.2, 0.25) is 0 Å². The Morgan fingerprint density at radius 3 is 1.82 bits per heavy atom. The monoisotopic (exact) mass is 320 g/mol. The van der Waals surface area contributed by atoms with Crippen molar-refractivity contribution in [1.82, 2.24) is 0 Å². The third kappa shape index (κ3) is 4.45. The number of rotatable bonds is 4. The Kier molecular flexibility index (Phi) is 5.25. The van der Waals surface area contributed by atoms with E-state index in [1.54, 1.807) is 13.8 Å². The van der Waals surface area contributed by atoms with Gasteiger partial charge in [0.05, 0.1) is 5.41 Å². The first-order valence-corrected chi connectivity index (χ1v) is 6.90. The fraction of sp³-hybridized carbons (Fsp3) is 0.562. The molecule has 2 nitrogen and oxygen atoms in total. The number of esters is 1. The zero-order valence-corrected chi connectivity index (χ0v) is 13.3. The van der Waals surface area contributed by atoms with Crippen molar-refractivity contribution in [2.45, 2.75) is 47.5 Å². The first-order chi connectivity index (χ1) is 9.85. The van der Waals surface area contributed by atoms with Crippen LogP contribution in [0.5, 0.6) is 5.75 Å². The summed E-state index contributed by atoms with van der Waals surface area (Å²) >= 11 is 0. The van der Waals surface area contributed by atoms with E-state index in [2.05, 4.69) is 4.74 Å². The molecule has 6 heteroatoms. The number of carbonyl (C=O) groups is 1. The van der Waals surface area contributed by atoms with E-state index in [0.29, 0.717) is 12.8 Å². The van der Waals surface area contributed by atoms with Crippen LogP contribution in [0.4, 0.5) is 17.6 Å². The van der Waals surface area contributed by atoms with Crippen LogP contribution in [0, 0.1) is 34.1 Å². The maximum atomic E-state index is 13.5. The Morgan fingerprint density at radius 2 is 1.41 bits per heavy atom. The molecule has 1 aromatic rings. The van der Waals surface area contributed by atoms with Crippen molar-refractivity contribution in [2.75, 3.05) is 0 Å². The molecule has 0 fully saturated rings. The molecule has 0 aromatic heterocycles. The van der Waals surface area contributed by atoms with Gasteiger partial charge in [0, 0.05) is 6.07 Å². The zero-order valence-electron chi connectivity index (χ0n) is 13.3. The molecule has 0 bridgehead atoms. The molecule has 0 aliphatic rings. The van der Waals surface area contributed by atoms with E-state index in [0.717, 1.165) is 0 Å². The largest absolute Gasteiger partial charge is 0.420 e. The van der Waals surface area contributed by atoms with E-state index in [4.69, 9.17) is 0 Å². The zero-order chi connectivity index (χ0) is 17.3. The van der Waals surface area contributed by atoms with E-state index in [1.807, 2.05) is 20.8 Å². The van der Waals surface area contributed by atoms with Crippen molar-refractivity contribution >= 4 is 5.97 Å². The van der Waals surface area contributed by atoms with Gasteiger partial charge in [0.25, 0.3) is 0 Å². The molecule has 0 saturated heterocycles. The molecule has 0 unspecified atom stereocenters. The summed E-state index contributed by atoms with van der Waals surface area (Å²) in [7, 11) is 0. The molecule has 1 rings (SSSR count). The summed E-state index contributed by atoms with van der Waals surface area (Å²) in [4.78, 5) is 12.1. The second-order valence-corrected chi connectivity index (χ2v) is 7.13. The lowest BCUT2D eigenvalue weighted by atomic mass is 9.80. The second-order valence-electron chi connectivity index (χ2n) is 7.13. The molecule has 0 heterocycles. The highest BCUT2D eigenvalue weighted by atomic mass is 19.2. The molecule has 124 valence electrons. The average molecular weight is 320 g/mol. The molecule has 22 heavy (non-hydrogen) atoms. The molecule has 0 aliphatic carbocycles. The summed E-state index contributed by atoms with van der Waals surface area (Å²) in [6, 6.07) is 0.0623. The molecule has 0 atom stereocenters. The molecule has 0 saturated carbocycles. The quantitative estimate of drug-likeness (QED) is 0.338. The van der Waals surface area contributed by atoms with Crippen LogP contribution in [-0.4, -0.2) is 5.97 Å². The van der Waals surface area contributed by atoms with Gasteiger partial charge in [-0.15, -0.1) is 0 Å². The van der Waals surface area contributed by atoms with Crippen LogP contribution < -0.4 is 4.74 Å². The van der Waals surface area contributed by atoms with E-state index < -0.39 is 40.4 Å². The number of ether oxygens (including phenoxy) is 1. The summed E-state index contributed by atoms with van der Waals surface area (Å²) in [5.41, 5.74) is -1.09. The molecule has 0 amide bonds. The minimum Gasteiger partial charge on any atom is -0.420 e. The van der Waals surface area contributed by atoms with Gasteiger partial charge in [-0.1, -0.05) is 20.8 Å². The normalized spacial score (nSPS) is 12.4. The summed E-state index contributed by atoms with van der Waals surface area (Å²) < 4.78 is 57.8. The summed E-state index contributed by atoms with van der Waals surface area (Å²) in [6.45, 7) is 9.04. The Labute approximate surface area is 127 Å². The van der Waals surface area contributed by atoms with E-state index in [9.17, 15) is 22.4 Å². The second kappa shape index (κ2) is 6.26. The van der Waals surface area contributed by atoms with E-state index >= 15 is 0 Å². The standard InChI is InChI=1S/C16H20F4O2/c1-15(2,3)6-7-16(4,5)14(21)22-13-11(19)9(17)8-10(18)12(13)20/h8H,6-7H2,1-5H3. The summed E-state index contributed by atoms with van der Waals surface area (Å²) in [5.74, 6) is -8.97. The van der Waals surface area contributed by atoms with Crippen LogP contribution in [0.15, 0.2) is 6.07 Å². The number of carbonyl (C=O) groups excluding carboxylic acids is 1. The van der Waals surface area contributed by atoms with Crippen molar-refractivity contribution in [3.05, 3.63) is 29.3 Å². The van der Waals surface area contributed by atoms with Gasteiger partial charge in [0.2, 0.25) is 17.4 Å². The molecule has 1 aromatic carbocycles. The minimum atomic E-state index is -1.72. The van der Waals surface area contributed by atoms with E-state index in [-0.39, 0.29) is 11.5 Å². The van der Waals surface area contributed by atoms with Crippen LogP contribution in [0.25, 0.3) is 0 Å². The Morgan fingerprint density at radius 1 is 0.955 bits per heavy atom. The van der Waals surface area contributed by atoms with Gasteiger partial charge < -0.3 is 4.74 Å². The molecule has 0 radical (unpaired) electrons. The van der Waals surface area contributed by atoms with Gasteiger partial charge in [-0.05, 0) is 32.1 Å². The average Bonchev–Trinajstić information content (AvgIpc) is 2.38. The minimum absolute atomic E-state index is 0.0426.